The maximum atomic E-state index is 12.2. The van der Waals surface area contributed by atoms with Gasteiger partial charge in [0.25, 0.3) is 0 Å². The van der Waals surface area contributed by atoms with Gasteiger partial charge in [0.1, 0.15) is 12.4 Å². The van der Waals surface area contributed by atoms with Crippen molar-refractivity contribution in [1.82, 2.24) is 4.90 Å². The van der Waals surface area contributed by atoms with Crippen LogP contribution in [0.25, 0.3) is 0 Å². The lowest BCUT2D eigenvalue weighted by atomic mass is 10.1. The van der Waals surface area contributed by atoms with Crippen LogP contribution in [0.4, 0.5) is 0 Å². The lowest BCUT2D eigenvalue weighted by Crippen LogP contribution is -2.28. The Balaban J connectivity index is 4.86. The second-order valence-electron chi connectivity index (χ2n) is 4.69. The van der Waals surface area contributed by atoms with Gasteiger partial charge in [0.05, 0.1) is 12.7 Å². The Morgan fingerprint density at radius 3 is 2.29 bits per heavy atom. The first-order valence-electron chi connectivity index (χ1n) is 7.14. The number of rotatable bonds is 9. The number of carbonyl (C=O) groups is 1. The molecule has 0 aromatic rings. The average molecular weight is 296 g/mol. The first-order chi connectivity index (χ1) is 9.87. The van der Waals surface area contributed by atoms with Crippen LogP contribution < -0.4 is 5.73 Å². The molecule has 2 N–H and O–H groups in total. The molecule has 0 atom stereocenters. The fourth-order valence-electron chi connectivity index (χ4n) is 1.61. The van der Waals surface area contributed by atoms with E-state index in [0.29, 0.717) is 35.8 Å². The summed E-state index contributed by atoms with van der Waals surface area (Å²) in [4.78, 5) is 14.3. The molecule has 0 aliphatic heterocycles. The van der Waals surface area contributed by atoms with Crippen LogP contribution in [0.2, 0.25) is 0 Å². The average Bonchev–Trinajstić information content (AvgIpc) is 2.47. The number of methoxy groups -OCH3 is 1. The highest BCUT2D eigenvalue weighted by Gasteiger charge is 2.14. The molecule has 0 unspecified atom stereocenters. The van der Waals surface area contributed by atoms with Crippen LogP contribution in [-0.2, 0) is 14.3 Å². The molecule has 0 saturated carbocycles. The third kappa shape index (κ3) is 6.99. The summed E-state index contributed by atoms with van der Waals surface area (Å²) in [5.74, 6) is 0.0746. The maximum Gasteiger partial charge on any atom is 0.341 e. The molecule has 0 aromatic carbocycles. The summed E-state index contributed by atoms with van der Waals surface area (Å²) in [6.07, 6.45) is 1.64. The lowest BCUT2D eigenvalue weighted by molar-refractivity contribution is -0.139. The number of nitrogens with zero attached hydrogens (tertiary/aromatic N) is 1. The largest absolute Gasteiger partial charge is 0.501 e. The summed E-state index contributed by atoms with van der Waals surface area (Å²) in [6, 6.07) is 0. The van der Waals surface area contributed by atoms with Crippen molar-refractivity contribution < 1.29 is 14.3 Å². The highest BCUT2D eigenvalue weighted by atomic mass is 16.5. The molecule has 120 valence electrons. The summed E-state index contributed by atoms with van der Waals surface area (Å²) >= 11 is 0. The number of hydrogen-bond acceptors (Lipinski definition) is 5. The van der Waals surface area contributed by atoms with Crippen molar-refractivity contribution >= 4 is 5.97 Å². The van der Waals surface area contributed by atoms with Crippen LogP contribution in [0.1, 0.15) is 27.7 Å². The number of nitrogens with two attached hydrogens (primary N) is 1. The number of carbonyl (C=O) groups excluding carboxylic acids is 1. The third-order valence-corrected chi connectivity index (χ3v) is 3.31. The Morgan fingerprint density at radius 2 is 1.86 bits per heavy atom. The molecule has 0 radical (unpaired) electrons. The molecule has 0 saturated heterocycles. The monoisotopic (exact) mass is 296 g/mol. The highest BCUT2D eigenvalue weighted by molar-refractivity contribution is 5.92. The van der Waals surface area contributed by atoms with E-state index in [2.05, 4.69) is 25.3 Å². The molecule has 0 aromatic heterocycles. The molecule has 0 spiro atoms. The van der Waals surface area contributed by atoms with Gasteiger partial charge >= 0.3 is 5.97 Å². The minimum absolute atomic E-state index is 0.345. The molecule has 5 heteroatoms. The Bertz CT molecular complexity index is 421. The van der Waals surface area contributed by atoms with E-state index in [0.717, 1.165) is 13.1 Å². The topological polar surface area (TPSA) is 64.8 Å². The molecular formula is C16H28N2O3. The van der Waals surface area contributed by atoms with Crippen LogP contribution in [0.5, 0.6) is 0 Å². The van der Waals surface area contributed by atoms with Gasteiger partial charge in [-0.05, 0) is 38.6 Å². The van der Waals surface area contributed by atoms with Gasteiger partial charge in [0, 0.05) is 12.2 Å². The van der Waals surface area contributed by atoms with Gasteiger partial charge in [-0.1, -0.05) is 20.4 Å². The molecule has 0 rings (SSSR count). The number of esters is 1. The second kappa shape index (κ2) is 10.0. The first-order valence-corrected chi connectivity index (χ1v) is 7.14. The van der Waals surface area contributed by atoms with Gasteiger partial charge in [0.2, 0.25) is 0 Å². The van der Waals surface area contributed by atoms with E-state index in [-0.39, 0.29) is 0 Å². The van der Waals surface area contributed by atoms with E-state index in [1.807, 2.05) is 0 Å². The maximum absolute atomic E-state index is 12.2. The van der Waals surface area contributed by atoms with Gasteiger partial charge in [-0.3, -0.25) is 0 Å². The van der Waals surface area contributed by atoms with Crippen LogP contribution in [0.3, 0.4) is 0 Å². The fourth-order valence-corrected chi connectivity index (χ4v) is 1.61. The zero-order chi connectivity index (χ0) is 16.4. The Kier molecular flexibility index (Phi) is 9.21. The van der Waals surface area contributed by atoms with Gasteiger partial charge < -0.3 is 20.1 Å². The second-order valence-corrected chi connectivity index (χ2v) is 4.69. The Labute approximate surface area is 128 Å². The van der Waals surface area contributed by atoms with Gasteiger partial charge in [0.15, 0.2) is 0 Å². The van der Waals surface area contributed by atoms with E-state index in [1.165, 1.54) is 7.11 Å². The van der Waals surface area contributed by atoms with Crippen molar-refractivity contribution in [3.63, 3.8) is 0 Å². The van der Waals surface area contributed by atoms with Gasteiger partial charge in [-0.2, -0.15) is 0 Å². The van der Waals surface area contributed by atoms with Crippen molar-refractivity contribution in [3.05, 3.63) is 35.3 Å². The van der Waals surface area contributed by atoms with Gasteiger partial charge in [-0.25, -0.2) is 4.79 Å². The van der Waals surface area contributed by atoms with Crippen molar-refractivity contribution in [3.8, 4) is 0 Å². The third-order valence-electron chi connectivity index (χ3n) is 3.31. The molecule has 5 nitrogen and oxygen atoms in total. The summed E-state index contributed by atoms with van der Waals surface area (Å²) in [5.41, 5.74) is 7.10. The normalized spacial score (nSPS) is 13.0. The molecule has 0 aliphatic carbocycles. The van der Waals surface area contributed by atoms with E-state index < -0.39 is 5.97 Å². The number of ether oxygens (including phenoxy) is 2. The van der Waals surface area contributed by atoms with Crippen LogP contribution in [-0.4, -0.2) is 44.2 Å². The molecule has 0 heterocycles. The predicted molar refractivity (Wildman–Crippen MR) is 85.5 cm³/mol. The predicted octanol–water partition coefficient (Wildman–Crippen LogP) is 2.21. The number of likely N-dealkylation sites (N-methyl/N-ethyl adjacent to an activating group) is 1. The summed E-state index contributed by atoms with van der Waals surface area (Å²) in [6.45, 7) is 14.2. The molecule has 0 amide bonds. The minimum Gasteiger partial charge on any atom is -0.501 e. The van der Waals surface area contributed by atoms with Crippen molar-refractivity contribution in [2.75, 3.05) is 33.4 Å². The van der Waals surface area contributed by atoms with Crippen molar-refractivity contribution in [2.45, 2.75) is 27.7 Å². The summed E-state index contributed by atoms with van der Waals surface area (Å²) in [7, 11) is 1.51. The van der Waals surface area contributed by atoms with Gasteiger partial charge in [-0.15, -0.1) is 0 Å². The SMILES string of the molecule is C=C(N)/C(C)=C\C(C(=O)OCCN(CC)CC)=C(/C)OC. The molecular weight excluding hydrogens is 268 g/mol. The highest BCUT2D eigenvalue weighted by Crippen LogP contribution is 2.13. The molecule has 21 heavy (non-hydrogen) atoms. The molecule has 0 fully saturated rings. The quantitative estimate of drug-likeness (QED) is 0.306. The Hall–Kier alpha value is -1.75. The molecule has 0 bridgehead atoms. The van der Waals surface area contributed by atoms with Crippen LogP contribution >= 0.6 is 0 Å². The zero-order valence-corrected chi connectivity index (χ0v) is 13.9. The van der Waals surface area contributed by atoms with E-state index in [9.17, 15) is 4.79 Å². The first kappa shape index (κ1) is 19.2. The lowest BCUT2D eigenvalue weighted by Gasteiger charge is -2.18. The van der Waals surface area contributed by atoms with Crippen molar-refractivity contribution in [2.24, 2.45) is 5.73 Å². The number of allylic oxidation sites excluding steroid dienone is 2. The number of hydrogen-bond donors (Lipinski definition) is 1. The minimum atomic E-state index is -0.415. The fraction of sp³-hybridized carbons (Fsp3) is 0.562. The standard InChI is InChI=1S/C16H28N2O3/c1-7-18(8-2)9-10-21-16(19)15(14(5)20-6)11-12(3)13(4)17/h11H,4,7-10,17H2,1-3,5-6H3/b12-11-,15-14-. The smallest absolute Gasteiger partial charge is 0.341 e. The Morgan fingerprint density at radius 1 is 1.29 bits per heavy atom. The van der Waals surface area contributed by atoms with Crippen LogP contribution in [0.15, 0.2) is 35.3 Å². The summed E-state index contributed by atoms with van der Waals surface area (Å²) < 4.78 is 10.4. The van der Waals surface area contributed by atoms with E-state index >= 15 is 0 Å². The van der Waals surface area contributed by atoms with Crippen LogP contribution in [0, 0.1) is 0 Å². The van der Waals surface area contributed by atoms with Crippen molar-refractivity contribution in [1.29, 1.82) is 0 Å². The zero-order valence-electron chi connectivity index (χ0n) is 13.9. The van der Waals surface area contributed by atoms with E-state index in [1.54, 1.807) is 19.9 Å². The van der Waals surface area contributed by atoms with E-state index in [4.69, 9.17) is 15.2 Å². The molecule has 0 aliphatic rings. The summed E-state index contributed by atoms with van der Waals surface area (Å²) in [5, 5.41) is 0.